The summed E-state index contributed by atoms with van der Waals surface area (Å²) in [6.45, 7) is 7.22. The first kappa shape index (κ1) is 25.3. The molecule has 7 heteroatoms. The van der Waals surface area contributed by atoms with E-state index in [1.165, 1.54) is 6.92 Å². The van der Waals surface area contributed by atoms with Crippen LogP contribution in [0.5, 0.6) is 0 Å². The third kappa shape index (κ3) is 5.24. The summed E-state index contributed by atoms with van der Waals surface area (Å²) in [6.07, 6.45) is 0.803. The topological polar surface area (TPSA) is 105 Å². The number of hydrogen-bond acceptors (Lipinski definition) is 4. The number of carboxylic acid groups (broad SMARTS) is 1. The van der Waals surface area contributed by atoms with E-state index in [1.807, 2.05) is 57.2 Å². The minimum absolute atomic E-state index is 0.0890. The first-order chi connectivity index (χ1) is 16.2. The quantitative estimate of drug-likeness (QED) is 0.471. The van der Waals surface area contributed by atoms with Gasteiger partial charge in [-0.15, -0.1) is 0 Å². The van der Waals surface area contributed by atoms with Crippen LogP contribution in [0.3, 0.4) is 0 Å². The second-order valence-electron chi connectivity index (χ2n) is 9.21. The minimum Gasteiger partial charge on any atom is -0.480 e. The standard InChI is InChI=1S/C27H34N2O5/c1-5-15-27(4,25(31)32)29-24(30)23(17(3)6-2)28-26(33)34-16-22-20-13-9-7-11-18(20)19-12-8-10-14-21(19)22/h7-14,17,22-23H,5-6,15-16H2,1-4H3,(H,28,33)(H,29,30)(H,31,32)/t17?,23-,27?/m0/s1. The predicted molar refractivity (Wildman–Crippen MR) is 131 cm³/mol. The van der Waals surface area contributed by atoms with Crippen molar-refractivity contribution in [2.75, 3.05) is 6.61 Å². The van der Waals surface area contributed by atoms with Crippen molar-refractivity contribution in [2.45, 2.75) is 64.5 Å². The molecule has 0 aliphatic heterocycles. The Balaban J connectivity index is 1.70. The molecule has 0 spiro atoms. The molecule has 0 radical (unpaired) electrons. The van der Waals surface area contributed by atoms with Crippen molar-refractivity contribution in [3.8, 4) is 11.1 Å². The number of benzene rings is 2. The molecule has 2 aromatic carbocycles. The molecule has 3 atom stereocenters. The molecule has 2 aromatic rings. The van der Waals surface area contributed by atoms with Crippen LogP contribution in [0.15, 0.2) is 48.5 Å². The van der Waals surface area contributed by atoms with E-state index in [0.717, 1.165) is 22.3 Å². The van der Waals surface area contributed by atoms with E-state index < -0.39 is 29.6 Å². The molecule has 182 valence electrons. The fraction of sp³-hybridized carbons (Fsp3) is 0.444. The second-order valence-corrected chi connectivity index (χ2v) is 9.21. The van der Waals surface area contributed by atoms with E-state index in [9.17, 15) is 19.5 Å². The lowest BCUT2D eigenvalue weighted by Gasteiger charge is -2.30. The summed E-state index contributed by atoms with van der Waals surface area (Å²) < 4.78 is 5.59. The highest BCUT2D eigenvalue weighted by atomic mass is 16.5. The molecule has 0 fully saturated rings. The van der Waals surface area contributed by atoms with Crippen LogP contribution >= 0.6 is 0 Å². The smallest absolute Gasteiger partial charge is 0.407 e. The van der Waals surface area contributed by atoms with Gasteiger partial charge in [-0.3, -0.25) is 4.79 Å². The highest BCUT2D eigenvalue weighted by Crippen LogP contribution is 2.44. The Labute approximate surface area is 200 Å². The molecule has 1 aliphatic carbocycles. The molecule has 2 unspecified atom stereocenters. The predicted octanol–water partition coefficient (Wildman–Crippen LogP) is 4.70. The van der Waals surface area contributed by atoms with Crippen molar-refractivity contribution in [3.05, 3.63) is 59.7 Å². The maximum Gasteiger partial charge on any atom is 0.407 e. The zero-order valence-corrected chi connectivity index (χ0v) is 20.3. The molecule has 34 heavy (non-hydrogen) atoms. The number of carboxylic acids is 1. The summed E-state index contributed by atoms with van der Waals surface area (Å²) in [5, 5.41) is 14.9. The Morgan fingerprint density at radius 2 is 1.59 bits per heavy atom. The number of amides is 2. The lowest BCUT2D eigenvalue weighted by molar-refractivity contribution is -0.147. The molecule has 7 nitrogen and oxygen atoms in total. The molecular formula is C27H34N2O5. The SMILES string of the molecule is CCCC(C)(NC(=O)[C@@H](NC(=O)OCC1c2ccccc2-c2ccccc21)C(C)CC)C(=O)O. The molecule has 0 bridgehead atoms. The third-order valence-electron chi connectivity index (χ3n) is 6.73. The van der Waals surface area contributed by atoms with Crippen LogP contribution in [-0.2, 0) is 14.3 Å². The lowest BCUT2D eigenvalue weighted by atomic mass is 9.93. The van der Waals surface area contributed by atoms with Gasteiger partial charge in [-0.2, -0.15) is 0 Å². The highest BCUT2D eigenvalue weighted by Gasteiger charge is 2.38. The number of aliphatic carboxylic acids is 1. The Morgan fingerprint density at radius 1 is 1.03 bits per heavy atom. The zero-order valence-electron chi connectivity index (χ0n) is 20.3. The summed E-state index contributed by atoms with van der Waals surface area (Å²) in [5.74, 6) is -1.93. The van der Waals surface area contributed by atoms with Crippen molar-refractivity contribution in [3.63, 3.8) is 0 Å². The van der Waals surface area contributed by atoms with Crippen LogP contribution in [0.25, 0.3) is 11.1 Å². The monoisotopic (exact) mass is 466 g/mol. The molecule has 3 N–H and O–H groups in total. The summed E-state index contributed by atoms with van der Waals surface area (Å²) in [7, 11) is 0. The Morgan fingerprint density at radius 3 is 2.09 bits per heavy atom. The second kappa shape index (κ2) is 10.7. The van der Waals surface area contributed by atoms with Gasteiger partial charge in [0.25, 0.3) is 0 Å². The van der Waals surface area contributed by atoms with Gasteiger partial charge < -0.3 is 20.5 Å². The first-order valence-electron chi connectivity index (χ1n) is 11.9. The van der Waals surface area contributed by atoms with Gasteiger partial charge in [0, 0.05) is 5.92 Å². The van der Waals surface area contributed by atoms with E-state index >= 15 is 0 Å². The van der Waals surface area contributed by atoms with Gasteiger partial charge in [0.1, 0.15) is 18.2 Å². The molecule has 0 saturated heterocycles. The van der Waals surface area contributed by atoms with Crippen LogP contribution in [0, 0.1) is 5.92 Å². The third-order valence-corrected chi connectivity index (χ3v) is 6.73. The summed E-state index contributed by atoms with van der Waals surface area (Å²) in [5.41, 5.74) is 3.06. The van der Waals surface area contributed by atoms with Crippen LogP contribution in [0.2, 0.25) is 0 Å². The van der Waals surface area contributed by atoms with Crippen molar-refractivity contribution in [1.29, 1.82) is 0 Å². The Hall–Kier alpha value is -3.35. The summed E-state index contributed by atoms with van der Waals surface area (Å²) in [4.78, 5) is 37.5. The zero-order chi connectivity index (χ0) is 24.9. The fourth-order valence-electron chi connectivity index (χ4n) is 4.54. The number of fused-ring (bicyclic) bond motifs is 3. The van der Waals surface area contributed by atoms with Crippen LogP contribution in [-0.4, -0.2) is 41.3 Å². The molecular weight excluding hydrogens is 432 g/mol. The summed E-state index contributed by atoms with van der Waals surface area (Å²) in [6, 6.07) is 15.2. The molecule has 3 rings (SSSR count). The highest BCUT2D eigenvalue weighted by molar-refractivity contribution is 5.91. The maximum absolute atomic E-state index is 13.0. The van der Waals surface area contributed by atoms with E-state index in [0.29, 0.717) is 12.8 Å². The minimum atomic E-state index is -1.40. The number of alkyl carbamates (subject to hydrolysis) is 1. The normalized spacial score (nSPS) is 15.9. The molecule has 1 aliphatic rings. The van der Waals surface area contributed by atoms with Gasteiger partial charge in [0.05, 0.1) is 0 Å². The van der Waals surface area contributed by atoms with Crippen molar-refractivity contribution in [1.82, 2.24) is 10.6 Å². The van der Waals surface area contributed by atoms with E-state index in [4.69, 9.17) is 4.74 Å². The van der Waals surface area contributed by atoms with E-state index in [-0.39, 0.29) is 24.9 Å². The van der Waals surface area contributed by atoms with Gasteiger partial charge in [-0.25, -0.2) is 9.59 Å². The molecule has 2 amide bonds. The number of nitrogens with one attached hydrogen (secondary N) is 2. The average Bonchev–Trinajstić information content (AvgIpc) is 3.14. The lowest BCUT2D eigenvalue weighted by Crippen LogP contribution is -2.59. The number of carbonyl (C=O) groups is 3. The number of carbonyl (C=O) groups excluding carboxylic acids is 2. The average molecular weight is 467 g/mol. The summed E-state index contributed by atoms with van der Waals surface area (Å²) >= 11 is 0. The maximum atomic E-state index is 13.0. The van der Waals surface area contributed by atoms with Crippen LogP contribution in [0.1, 0.15) is 64.0 Å². The van der Waals surface area contributed by atoms with Gasteiger partial charge in [0.15, 0.2) is 0 Å². The van der Waals surface area contributed by atoms with Crippen molar-refractivity contribution in [2.24, 2.45) is 5.92 Å². The molecule has 0 heterocycles. The molecule has 0 saturated carbocycles. The van der Waals surface area contributed by atoms with E-state index in [1.54, 1.807) is 0 Å². The van der Waals surface area contributed by atoms with E-state index in [2.05, 4.69) is 22.8 Å². The van der Waals surface area contributed by atoms with Gasteiger partial charge in [-0.05, 0) is 41.5 Å². The van der Waals surface area contributed by atoms with Gasteiger partial charge in [-0.1, -0.05) is 82.1 Å². The number of ether oxygens (including phenoxy) is 1. The number of hydrogen-bond donors (Lipinski definition) is 3. The van der Waals surface area contributed by atoms with Crippen LogP contribution < -0.4 is 10.6 Å². The first-order valence-corrected chi connectivity index (χ1v) is 11.9. The van der Waals surface area contributed by atoms with Gasteiger partial charge >= 0.3 is 12.1 Å². The molecule has 0 aromatic heterocycles. The Bertz CT molecular complexity index is 1010. The largest absolute Gasteiger partial charge is 0.480 e. The number of rotatable bonds is 10. The fourth-order valence-corrected chi connectivity index (χ4v) is 4.54. The van der Waals surface area contributed by atoms with Gasteiger partial charge in [0.2, 0.25) is 5.91 Å². The van der Waals surface area contributed by atoms with Crippen molar-refractivity contribution >= 4 is 18.0 Å². The Kier molecular flexibility index (Phi) is 7.97. The van der Waals surface area contributed by atoms with Crippen LogP contribution in [0.4, 0.5) is 4.79 Å². The van der Waals surface area contributed by atoms with Crippen molar-refractivity contribution < 1.29 is 24.2 Å².